The highest BCUT2D eigenvalue weighted by atomic mass is 16.5. The van der Waals surface area contributed by atoms with Gasteiger partial charge in [-0.15, -0.1) is 6.42 Å². The van der Waals surface area contributed by atoms with Gasteiger partial charge >= 0.3 is 0 Å². The summed E-state index contributed by atoms with van der Waals surface area (Å²) in [5.74, 6) is 3.95. The van der Waals surface area contributed by atoms with Crippen molar-refractivity contribution < 1.29 is 18.7 Å². The Labute approximate surface area is 196 Å². The molecule has 0 aliphatic carbocycles. The lowest BCUT2D eigenvalue weighted by Gasteiger charge is -2.12. The highest BCUT2D eigenvalue weighted by molar-refractivity contribution is 5.81. The number of ether oxygens (including phenoxy) is 2. The van der Waals surface area contributed by atoms with Gasteiger partial charge in [0.1, 0.15) is 18.6 Å². The Morgan fingerprint density at radius 1 is 1.18 bits per heavy atom. The van der Waals surface area contributed by atoms with Crippen LogP contribution in [0.3, 0.4) is 0 Å². The van der Waals surface area contributed by atoms with E-state index in [1.54, 1.807) is 19.5 Å². The number of fused-ring (bicyclic) bond motifs is 1. The number of aromatic nitrogens is 3. The van der Waals surface area contributed by atoms with E-state index in [9.17, 15) is 4.79 Å². The molecular weight excluding hydrogens is 434 g/mol. The molecular formula is C25H23N5O4. The molecule has 0 aliphatic rings. The molecule has 4 rings (SSSR count). The summed E-state index contributed by atoms with van der Waals surface area (Å²) in [7, 11) is 1.56. The van der Waals surface area contributed by atoms with Crippen molar-refractivity contribution in [2.45, 2.75) is 6.42 Å². The maximum atomic E-state index is 11.7. The number of carbonyl (C=O) groups is 1. The predicted octanol–water partition coefficient (Wildman–Crippen LogP) is 3.54. The fourth-order valence-corrected chi connectivity index (χ4v) is 3.20. The van der Waals surface area contributed by atoms with Gasteiger partial charge in [-0.2, -0.15) is 0 Å². The van der Waals surface area contributed by atoms with Crippen LogP contribution < -0.4 is 15.4 Å². The molecule has 0 radical (unpaired) electrons. The van der Waals surface area contributed by atoms with E-state index in [0.717, 1.165) is 16.5 Å². The van der Waals surface area contributed by atoms with E-state index in [0.29, 0.717) is 48.4 Å². The van der Waals surface area contributed by atoms with Crippen LogP contribution in [0.5, 0.6) is 5.75 Å². The third-order valence-corrected chi connectivity index (χ3v) is 4.81. The van der Waals surface area contributed by atoms with Crippen molar-refractivity contribution in [3.05, 3.63) is 60.6 Å². The van der Waals surface area contributed by atoms with Gasteiger partial charge in [0.15, 0.2) is 0 Å². The zero-order valence-electron chi connectivity index (χ0n) is 18.6. The molecule has 0 bridgehead atoms. The van der Waals surface area contributed by atoms with Crippen molar-refractivity contribution in [1.29, 1.82) is 0 Å². The maximum absolute atomic E-state index is 11.7. The number of terminal acetylenes is 1. The average Bonchev–Trinajstić information content (AvgIpc) is 3.40. The lowest BCUT2D eigenvalue weighted by molar-refractivity contribution is -0.122. The normalized spacial score (nSPS) is 10.6. The largest absolute Gasteiger partial charge is 0.492 e. The van der Waals surface area contributed by atoms with E-state index in [1.165, 1.54) is 6.26 Å². The van der Waals surface area contributed by atoms with Crippen LogP contribution in [0.25, 0.3) is 22.4 Å². The second kappa shape index (κ2) is 10.9. The molecule has 2 aromatic heterocycles. The molecule has 2 heterocycles. The second-order valence-corrected chi connectivity index (χ2v) is 7.26. The molecule has 2 N–H and O–H groups in total. The Kier molecular flexibility index (Phi) is 7.32. The molecule has 0 fully saturated rings. The summed E-state index contributed by atoms with van der Waals surface area (Å²) in [6.45, 7) is 1.03. The molecule has 0 aliphatic heterocycles. The maximum Gasteiger partial charge on any atom is 0.227 e. The first-order valence-corrected chi connectivity index (χ1v) is 10.6. The summed E-state index contributed by atoms with van der Waals surface area (Å²) in [5.41, 5.74) is 2.94. The first-order valence-electron chi connectivity index (χ1n) is 10.6. The lowest BCUT2D eigenvalue weighted by Crippen LogP contribution is -2.28. The van der Waals surface area contributed by atoms with Gasteiger partial charge in [0, 0.05) is 48.0 Å². The third kappa shape index (κ3) is 5.88. The van der Waals surface area contributed by atoms with Crippen LogP contribution in [-0.4, -0.2) is 47.7 Å². The smallest absolute Gasteiger partial charge is 0.227 e. The Hall–Kier alpha value is -4.42. The van der Waals surface area contributed by atoms with Gasteiger partial charge in [0.25, 0.3) is 0 Å². The van der Waals surface area contributed by atoms with Crippen molar-refractivity contribution in [3.63, 3.8) is 0 Å². The number of methoxy groups -OCH3 is 1. The fourth-order valence-electron chi connectivity index (χ4n) is 3.20. The number of hydrogen-bond donors (Lipinski definition) is 2. The standard InChI is InChI=1S/C25H23N5O4/c1-3-17-4-5-22-19(12-17)16-28-25(30-22)29-20-13-18(24-27-8-11-34-24)14-21(15-20)33-10-7-26-23(31)6-9-32-2/h1,4-5,8,11-16H,6-7,9-10H2,2H3,(H,26,31)(H,28,29,30). The van der Waals surface area contributed by atoms with E-state index in [-0.39, 0.29) is 12.5 Å². The van der Waals surface area contributed by atoms with Crippen LogP contribution >= 0.6 is 0 Å². The van der Waals surface area contributed by atoms with Crippen molar-refractivity contribution in [1.82, 2.24) is 20.3 Å². The van der Waals surface area contributed by atoms with Crippen LogP contribution in [-0.2, 0) is 9.53 Å². The number of amides is 1. The van der Waals surface area contributed by atoms with Gasteiger partial charge in [0.05, 0.1) is 24.9 Å². The summed E-state index contributed by atoms with van der Waals surface area (Å²) in [6.07, 6.45) is 10.6. The third-order valence-electron chi connectivity index (χ3n) is 4.81. The predicted molar refractivity (Wildman–Crippen MR) is 128 cm³/mol. The summed E-state index contributed by atoms with van der Waals surface area (Å²) >= 11 is 0. The van der Waals surface area contributed by atoms with E-state index in [4.69, 9.17) is 20.3 Å². The molecule has 0 unspecified atom stereocenters. The minimum Gasteiger partial charge on any atom is -0.492 e. The van der Waals surface area contributed by atoms with Crippen molar-refractivity contribution >= 4 is 28.4 Å². The molecule has 0 saturated carbocycles. The van der Waals surface area contributed by atoms with Crippen LogP contribution in [0.4, 0.5) is 11.6 Å². The number of hydrogen-bond acceptors (Lipinski definition) is 8. The molecule has 9 nitrogen and oxygen atoms in total. The number of rotatable bonds is 10. The van der Waals surface area contributed by atoms with Crippen molar-refractivity contribution in [2.24, 2.45) is 0 Å². The van der Waals surface area contributed by atoms with Crippen LogP contribution in [0.15, 0.2) is 59.5 Å². The zero-order chi connectivity index (χ0) is 23.8. The summed E-state index contributed by atoms with van der Waals surface area (Å²) < 4.78 is 16.2. The highest BCUT2D eigenvalue weighted by Crippen LogP contribution is 2.29. The minimum absolute atomic E-state index is 0.0934. The number of carbonyl (C=O) groups excluding carboxylic acids is 1. The van der Waals surface area contributed by atoms with Crippen LogP contribution in [0.1, 0.15) is 12.0 Å². The van der Waals surface area contributed by atoms with Crippen LogP contribution in [0, 0.1) is 12.3 Å². The first kappa shape index (κ1) is 22.8. The zero-order valence-corrected chi connectivity index (χ0v) is 18.6. The molecule has 0 saturated heterocycles. The topological polar surface area (TPSA) is 111 Å². The van der Waals surface area contributed by atoms with E-state index >= 15 is 0 Å². The van der Waals surface area contributed by atoms with E-state index < -0.39 is 0 Å². The number of benzene rings is 2. The number of oxazole rings is 1. The fraction of sp³-hybridized carbons (Fsp3) is 0.200. The monoisotopic (exact) mass is 457 g/mol. The van der Waals surface area contributed by atoms with E-state index in [2.05, 4.69) is 31.5 Å². The SMILES string of the molecule is C#Cc1ccc2nc(Nc3cc(OCCNC(=O)CCOC)cc(-c4ncco4)c3)ncc2c1. The Balaban J connectivity index is 1.50. The molecule has 9 heteroatoms. The Morgan fingerprint density at radius 2 is 2.09 bits per heavy atom. The second-order valence-electron chi connectivity index (χ2n) is 7.26. The van der Waals surface area contributed by atoms with Crippen molar-refractivity contribution in [3.8, 4) is 29.5 Å². The molecule has 34 heavy (non-hydrogen) atoms. The van der Waals surface area contributed by atoms with Gasteiger partial charge in [-0.25, -0.2) is 15.0 Å². The lowest BCUT2D eigenvalue weighted by atomic mass is 10.1. The number of anilines is 2. The van der Waals surface area contributed by atoms with Gasteiger partial charge in [0.2, 0.25) is 17.7 Å². The van der Waals surface area contributed by atoms with Crippen LogP contribution in [0.2, 0.25) is 0 Å². The van der Waals surface area contributed by atoms with Crippen molar-refractivity contribution in [2.75, 3.05) is 32.2 Å². The van der Waals surface area contributed by atoms with Gasteiger partial charge in [-0.3, -0.25) is 4.79 Å². The average molecular weight is 457 g/mol. The minimum atomic E-state index is -0.0934. The summed E-state index contributed by atoms with van der Waals surface area (Å²) in [6, 6.07) is 11.0. The first-order chi connectivity index (χ1) is 16.6. The molecule has 4 aromatic rings. The van der Waals surface area contributed by atoms with Gasteiger partial charge < -0.3 is 24.5 Å². The number of nitrogens with one attached hydrogen (secondary N) is 2. The molecule has 0 atom stereocenters. The highest BCUT2D eigenvalue weighted by Gasteiger charge is 2.10. The molecule has 172 valence electrons. The molecule has 2 aromatic carbocycles. The van der Waals surface area contributed by atoms with E-state index in [1.807, 2.05) is 36.4 Å². The number of nitrogens with zero attached hydrogens (tertiary/aromatic N) is 3. The molecule has 0 spiro atoms. The van der Waals surface area contributed by atoms with Gasteiger partial charge in [-0.05, 0) is 30.3 Å². The summed E-state index contributed by atoms with van der Waals surface area (Å²) in [5, 5.41) is 6.84. The summed E-state index contributed by atoms with van der Waals surface area (Å²) in [4.78, 5) is 24.9. The Morgan fingerprint density at radius 3 is 2.88 bits per heavy atom. The molecule has 1 amide bonds. The Bertz CT molecular complexity index is 1310. The quantitative estimate of drug-likeness (QED) is 0.275. The van der Waals surface area contributed by atoms with Gasteiger partial charge in [-0.1, -0.05) is 5.92 Å².